The second-order valence-corrected chi connectivity index (χ2v) is 9.49. The van der Waals surface area contributed by atoms with Gasteiger partial charge in [0, 0.05) is 11.7 Å². The van der Waals surface area contributed by atoms with Crippen LogP contribution in [0.1, 0.15) is 26.3 Å². The third-order valence-electron chi connectivity index (χ3n) is 3.73. The van der Waals surface area contributed by atoms with E-state index in [0.717, 1.165) is 26.5 Å². The zero-order valence-electron chi connectivity index (χ0n) is 13.4. The van der Waals surface area contributed by atoms with Crippen molar-refractivity contribution in [1.29, 1.82) is 0 Å². The first kappa shape index (κ1) is 16.8. The molecule has 0 N–H and O–H groups in total. The summed E-state index contributed by atoms with van der Waals surface area (Å²) in [5, 5.41) is 8.17. The van der Waals surface area contributed by atoms with Crippen LogP contribution in [0.4, 0.5) is 5.69 Å². The van der Waals surface area contributed by atoms with E-state index in [1.54, 1.807) is 23.1 Å². The maximum absolute atomic E-state index is 12.9. The number of hydrogen-bond donors (Lipinski definition) is 0. The molecule has 2 atom stereocenters. The van der Waals surface area contributed by atoms with E-state index >= 15 is 0 Å². The Bertz CT molecular complexity index is 703. The lowest BCUT2D eigenvalue weighted by Gasteiger charge is -2.25. The van der Waals surface area contributed by atoms with E-state index in [2.05, 4.69) is 30.1 Å². The summed E-state index contributed by atoms with van der Waals surface area (Å²) >= 11 is 4.75. The number of nitrogens with zero attached hydrogens (tertiary/aromatic N) is 3. The van der Waals surface area contributed by atoms with Crippen LogP contribution >= 0.6 is 34.9 Å². The van der Waals surface area contributed by atoms with Gasteiger partial charge in [-0.25, -0.2) is 0 Å². The molecule has 7 heteroatoms. The van der Waals surface area contributed by atoms with Gasteiger partial charge in [0.05, 0.1) is 5.25 Å². The van der Waals surface area contributed by atoms with E-state index in [-0.39, 0.29) is 17.2 Å². The Kier molecular flexibility index (Phi) is 5.28. The van der Waals surface area contributed by atoms with E-state index < -0.39 is 0 Å². The molecule has 1 aliphatic heterocycles. The number of rotatable bonds is 5. The fourth-order valence-electron chi connectivity index (χ4n) is 2.73. The highest BCUT2D eigenvalue weighted by Crippen LogP contribution is 2.36. The highest BCUT2D eigenvalue weighted by Gasteiger charge is 2.33. The summed E-state index contributed by atoms with van der Waals surface area (Å²) in [6, 6.07) is 8.38. The summed E-state index contributed by atoms with van der Waals surface area (Å²) in [6.45, 7) is 6.15. The molecule has 1 aromatic carbocycles. The number of aromatic nitrogens is 2. The second-order valence-electron chi connectivity index (χ2n) is 5.42. The molecule has 4 nitrogen and oxygen atoms in total. The first-order chi connectivity index (χ1) is 11.1. The molecule has 0 fully saturated rings. The highest BCUT2D eigenvalue weighted by atomic mass is 32.2. The molecule has 0 bridgehead atoms. The lowest BCUT2D eigenvalue weighted by atomic mass is 10.1. The molecule has 23 heavy (non-hydrogen) atoms. The number of anilines is 1. The summed E-state index contributed by atoms with van der Waals surface area (Å²) in [6.07, 6.45) is 0.926. The fraction of sp³-hybridized carbons (Fsp3) is 0.438. The van der Waals surface area contributed by atoms with Crippen LogP contribution in [0, 0.1) is 0 Å². The van der Waals surface area contributed by atoms with Crippen LogP contribution in [0.15, 0.2) is 32.9 Å². The zero-order valence-corrected chi connectivity index (χ0v) is 15.8. The molecule has 0 saturated heterocycles. The summed E-state index contributed by atoms with van der Waals surface area (Å²) in [7, 11) is 0. The minimum absolute atomic E-state index is 0.146. The van der Waals surface area contributed by atoms with Crippen molar-refractivity contribution >= 4 is 46.5 Å². The van der Waals surface area contributed by atoms with Crippen LogP contribution in [0.2, 0.25) is 0 Å². The Morgan fingerprint density at radius 1 is 1.39 bits per heavy atom. The normalized spacial score (nSPS) is 18.0. The Morgan fingerprint density at radius 2 is 2.13 bits per heavy atom. The molecule has 0 spiro atoms. The van der Waals surface area contributed by atoms with Gasteiger partial charge in [0.25, 0.3) is 0 Å². The van der Waals surface area contributed by atoms with Gasteiger partial charge in [0.1, 0.15) is 0 Å². The van der Waals surface area contributed by atoms with Crippen molar-refractivity contribution in [3.63, 3.8) is 0 Å². The number of benzene rings is 1. The van der Waals surface area contributed by atoms with Crippen LogP contribution in [-0.2, 0) is 11.2 Å². The van der Waals surface area contributed by atoms with Gasteiger partial charge in [-0.15, -0.1) is 10.2 Å². The van der Waals surface area contributed by atoms with Gasteiger partial charge >= 0.3 is 0 Å². The number of para-hydroxylation sites is 1. The molecule has 0 saturated carbocycles. The van der Waals surface area contributed by atoms with Gasteiger partial charge in [-0.2, -0.15) is 0 Å². The topological polar surface area (TPSA) is 46.1 Å². The molecule has 1 amide bonds. The third kappa shape index (κ3) is 3.56. The molecular formula is C16H19N3OS3. The number of thioether (sulfide) groups is 2. The Balaban J connectivity index is 1.72. The van der Waals surface area contributed by atoms with Gasteiger partial charge < -0.3 is 4.90 Å². The van der Waals surface area contributed by atoms with Gasteiger partial charge in [0.15, 0.2) is 8.68 Å². The quantitative estimate of drug-likeness (QED) is 0.746. The summed E-state index contributed by atoms with van der Waals surface area (Å²) in [5.41, 5.74) is 2.31. The lowest BCUT2D eigenvalue weighted by molar-refractivity contribution is -0.118. The van der Waals surface area contributed by atoms with Gasteiger partial charge in [-0.1, -0.05) is 60.0 Å². The van der Waals surface area contributed by atoms with E-state index in [1.807, 2.05) is 30.0 Å². The van der Waals surface area contributed by atoms with Crippen molar-refractivity contribution in [2.45, 2.75) is 47.2 Å². The summed E-state index contributed by atoms with van der Waals surface area (Å²) in [5.74, 6) is 1.13. The number of hydrogen-bond acceptors (Lipinski definition) is 6. The monoisotopic (exact) mass is 365 g/mol. The maximum Gasteiger partial charge on any atom is 0.240 e. The van der Waals surface area contributed by atoms with E-state index in [0.29, 0.717) is 0 Å². The van der Waals surface area contributed by atoms with Gasteiger partial charge in [-0.05, 0) is 37.7 Å². The highest BCUT2D eigenvalue weighted by molar-refractivity contribution is 8.03. The average molecular weight is 366 g/mol. The third-order valence-corrected chi connectivity index (χ3v) is 6.84. The van der Waals surface area contributed by atoms with Crippen molar-refractivity contribution < 1.29 is 4.79 Å². The smallest absolute Gasteiger partial charge is 0.240 e. The molecule has 0 aliphatic carbocycles. The average Bonchev–Trinajstić information content (AvgIpc) is 3.10. The number of fused-ring (bicyclic) bond motifs is 1. The Labute approximate surface area is 149 Å². The van der Waals surface area contributed by atoms with Crippen LogP contribution in [0.3, 0.4) is 0 Å². The summed E-state index contributed by atoms with van der Waals surface area (Å²) < 4.78 is 1.83. The minimum Gasteiger partial charge on any atom is -0.308 e. The fourth-order valence-corrected chi connectivity index (χ4v) is 5.84. The summed E-state index contributed by atoms with van der Waals surface area (Å²) in [4.78, 5) is 14.9. The molecular weight excluding hydrogens is 346 g/mol. The van der Waals surface area contributed by atoms with Crippen molar-refractivity contribution in [2.75, 3.05) is 10.7 Å². The predicted molar refractivity (Wildman–Crippen MR) is 98.7 cm³/mol. The van der Waals surface area contributed by atoms with Crippen molar-refractivity contribution in [3.05, 3.63) is 29.8 Å². The zero-order chi connectivity index (χ0) is 16.4. The molecule has 2 heterocycles. The SMILES string of the molecule is CCSc1nnc(S[C@H](C)C(=O)N2c3ccccc3C[C@H]2C)s1. The number of carbonyl (C=O) groups excluding carboxylic acids is 1. The first-order valence-electron chi connectivity index (χ1n) is 7.64. The Hall–Kier alpha value is -1.05. The van der Waals surface area contributed by atoms with Gasteiger partial charge in [0.2, 0.25) is 5.91 Å². The van der Waals surface area contributed by atoms with Crippen LogP contribution in [0.25, 0.3) is 0 Å². The van der Waals surface area contributed by atoms with Crippen LogP contribution in [0.5, 0.6) is 0 Å². The van der Waals surface area contributed by atoms with Crippen molar-refractivity contribution in [3.8, 4) is 0 Å². The molecule has 1 aromatic heterocycles. The molecule has 0 unspecified atom stereocenters. The maximum atomic E-state index is 12.9. The number of amides is 1. The standard InChI is InChI=1S/C16H19N3OS3/c1-4-21-15-17-18-16(23-15)22-11(3)14(20)19-10(2)9-12-7-5-6-8-13(12)19/h5-8,10-11H,4,9H2,1-3H3/t10-,11-/m1/s1. The molecule has 122 valence electrons. The van der Waals surface area contributed by atoms with Gasteiger partial charge in [-0.3, -0.25) is 4.79 Å². The Morgan fingerprint density at radius 3 is 2.91 bits per heavy atom. The van der Waals surface area contributed by atoms with E-state index in [1.165, 1.54) is 17.3 Å². The predicted octanol–water partition coefficient (Wildman–Crippen LogP) is 4.11. The molecule has 3 rings (SSSR count). The van der Waals surface area contributed by atoms with E-state index in [4.69, 9.17) is 0 Å². The molecule has 0 radical (unpaired) electrons. The first-order valence-corrected chi connectivity index (χ1v) is 10.3. The second kappa shape index (κ2) is 7.23. The van der Waals surface area contributed by atoms with Crippen molar-refractivity contribution in [2.24, 2.45) is 0 Å². The lowest BCUT2D eigenvalue weighted by Crippen LogP contribution is -2.40. The molecule has 2 aromatic rings. The molecule has 1 aliphatic rings. The van der Waals surface area contributed by atoms with Crippen LogP contribution in [-0.4, -0.2) is 33.1 Å². The number of carbonyl (C=O) groups is 1. The minimum atomic E-state index is -0.170. The van der Waals surface area contributed by atoms with Crippen molar-refractivity contribution in [1.82, 2.24) is 10.2 Å². The largest absolute Gasteiger partial charge is 0.308 e. The van der Waals surface area contributed by atoms with Crippen LogP contribution < -0.4 is 4.90 Å². The van der Waals surface area contributed by atoms with E-state index in [9.17, 15) is 4.79 Å².